The summed E-state index contributed by atoms with van der Waals surface area (Å²) in [6.45, 7) is 0.384. The fourth-order valence-electron chi connectivity index (χ4n) is 4.57. The number of fused-ring (bicyclic) bond motifs is 1. The van der Waals surface area contributed by atoms with Crippen molar-refractivity contribution in [1.29, 1.82) is 0 Å². The lowest BCUT2D eigenvalue weighted by Crippen LogP contribution is -2.22. The van der Waals surface area contributed by atoms with E-state index >= 15 is 0 Å². The summed E-state index contributed by atoms with van der Waals surface area (Å²) in [6.07, 6.45) is 1.65. The highest BCUT2D eigenvalue weighted by Gasteiger charge is 2.19. The zero-order valence-corrected chi connectivity index (χ0v) is 21.5. The highest BCUT2D eigenvalue weighted by Crippen LogP contribution is 2.31. The molecule has 0 radical (unpaired) electrons. The van der Waals surface area contributed by atoms with Crippen molar-refractivity contribution in [2.75, 3.05) is 5.73 Å². The Labute approximate surface area is 230 Å². The van der Waals surface area contributed by atoms with Gasteiger partial charge in [-0.2, -0.15) is 0 Å². The SMILES string of the molecule is Nc1ncccc1-c1nc2ccc(-c3ccc(CO)cc3)nc2n1-c1ccc(CNC(=O)c2ccccc2)cc1. The molecule has 8 heteroatoms. The van der Waals surface area contributed by atoms with Gasteiger partial charge in [-0.1, -0.05) is 54.6 Å². The van der Waals surface area contributed by atoms with E-state index in [1.54, 1.807) is 18.3 Å². The van der Waals surface area contributed by atoms with Crippen LogP contribution in [0.2, 0.25) is 0 Å². The molecule has 0 aliphatic heterocycles. The fraction of sp³-hybridized carbons (Fsp3) is 0.0625. The van der Waals surface area contributed by atoms with Crippen LogP contribution in [0.25, 0.3) is 39.5 Å². The van der Waals surface area contributed by atoms with Crippen molar-refractivity contribution in [2.45, 2.75) is 13.2 Å². The smallest absolute Gasteiger partial charge is 0.251 e. The maximum atomic E-state index is 12.5. The highest BCUT2D eigenvalue weighted by atomic mass is 16.3. The van der Waals surface area contributed by atoms with Gasteiger partial charge in [-0.05, 0) is 59.7 Å². The van der Waals surface area contributed by atoms with Crippen molar-refractivity contribution in [3.05, 3.63) is 126 Å². The van der Waals surface area contributed by atoms with Gasteiger partial charge in [0.05, 0.1) is 17.9 Å². The molecule has 0 saturated carbocycles. The molecule has 0 spiro atoms. The maximum absolute atomic E-state index is 12.5. The van der Waals surface area contributed by atoms with Crippen LogP contribution in [-0.2, 0) is 13.2 Å². The van der Waals surface area contributed by atoms with Crippen molar-refractivity contribution in [2.24, 2.45) is 0 Å². The van der Waals surface area contributed by atoms with Crippen LogP contribution < -0.4 is 11.1 Å². The van der Waals surface area contributed by atoms with Crippen LogP contribution in [0, 0.1) is 0 Å². The van der Waals surface area contributed by atoms with E-state index in [9.17, 15) is 9.90 Å². The minimum Gasteiger partial charge on any atom is -0.392 e. The number of aliphatic hydroxyl groups is 1. The number of aromatic nitrogens is 4. The molecule has 8 nitrogen and oxygen atoms in total. The first-order chi connectivity index (χ1) is 19.6. The van der Waals surface area contributed by atoms with Gasteiger partial charge in [-0.25, -0.2) is 15.0 Å². The average molecular weight is 527 g/mol. The van der Waals surface area contributed by atoms with E-state index in [1.165, 1.54) is 0 Å². The Morgan fingerprint density at radius 3 is 2.30 bits per heavy atom. The largest absolute Gasteiger partial charge is 0.392 e. The lowest BCUT2D eigenvalue weighted by Gasteiger charge is -2.12. The normalized spacial score (nSPS) is 11.0. The van der Waals surface area contributed by atoms with Crippen LogP contribution in [0.15, 0.2) is 109 Å². The third-order valence-electron chi connectivity index (χ3n) is 6.70. The molecule has 1 amide bonds. The number of hydrogen-bond donors (Lipinski definition) is 3. The summed E-state index contributed by atoms with van der Waals surface area (Å²) in [4.78, 5) is 26.6. The number of nitrogens with zero attached hydrogens (tertiary/aromatic N) is 4. The lowest BCUT2D eigenvalue weighted by atomic mass is 10.1. The molecular weight excluding hydrogens is 500 g/mol. The number of pyridine rings is 2. The summed E-state index contributed by atoms with van der Waals surface area (Å²) >= 11 is 0. The number of nitrogen functional groups attached to an aromatic ring is 1. The molecular formula is C32H26N6O2. The number of benzene rings is 3. The number of aliphatic hydroxyl groups excluding tert-OH is 1. The Morgan fingerprint density at radius 1 is 0.825 bits per heavy atom. The molecule has 6 aromatic rings. The number of carbonyl (C=O) groups is 1. The molecule has 0 saturated heterocycles. The molecule has 0 bridgehead atoms. The van der Waals surface area contributed by atoms with Gasteiger partial charge in [0.1, 0.15) is 11.3 Å². The van der Waals surface area contributed by atoms with E-state index in [1.807, 2.05) is 95.6 Å². The van der Waals surface area contributed by atoms with Gasteiger partial charge < -0.3 is 16.2 Å². The number of hydrogen-bond acceptors (Lipinski definition) is 6. The fourth-order valence-corrected chi connectivity index (χ4v) is 4.57. The van der Waals surface area contributed by atoms with E-state index in [4.69, 9.17) is 15.7 Å². The van der Waals surface area contributed by atoms with Gasteiger partial charge in [0.2, 0.25) is 0 Å². The highest BCUT2D eigenvalue weighted by molar-refractivity contribution is 5.94. The average Bonchev–Trinajstić information content (AvgIpc) is 3.39. The minimum absolute atomic E-state index is 0.0126. The Morgan fingerprint density at radius 2 is 1.57 bits per heavy atom. The zero-order valence-electron chi connectivity index (χ0n) is 21.5. The zero-order chi connectivity index (χ0) is 27.5. The van der Waals surface area contributed by atoms with Crippen LogP contribution in [0.5, 0.6) is 0 Å². The summed E-state index contributed by atoms with van der Waals surface area (Å²) in [6, 6.07) is 32.3. The van der Waals surface area contributed by atoms with Crippen molar-refractivity contribution in [3.63, 3.8) is 0 Å². The number of amides is 1. The summed E-state index contributed by atoms with van der Waals surface area (Å²) in [5, 5.41) is 12.4. The molecule has 0 aliphatic carbocycles. The second kappa shape index (κ2) is 10.8. The summed E-state index contributed by atoms with van der Waals surface area (Å²) in [7, 11) is 0. The van der Waals surface area contributed by atoms with Crippen LogP contribution in [-0.4, -0.2) is 30.5 Å². The summed E-state index contributed by atoms with van der Waals surface area (Å²) in [5.74, 6) is 0.883. The van der Waals surface area contributed by atoms with E-state index in [2.05, 4.69) is 10.3 Å². The van der Waals surface area contributed by atoms with Crippen molar-refractivity contribution >= 4 is 22.9 Å². The van der Waals surface area contributed by atoms with Crippen LogP contribution >= 0.6 is 0 Å². The van der Waals surface area contributed by atoms with Gasteiger partial charge >= 0.3 is 0 Å². The molecule has 196 valence electrons. The summed E-state index contributed by atoms with van der Waals surface area (Å²) in [5.41, 5.74) is 13.3. The number of nitrogens with two attached hydrogens (primary N) is 1. The maximum Gasteiger partial charge on any atom is 0.251 e. The number of carbonyl (C=O) groups excluding carboxylic acids is 1. The van der Waals surface area contributed by atoms with Gasteiger partial charge in [-0.15, -0.1) is 0 Å². The van der Waals surface area contributed by atoms with Gasteiger partial charge in [0.25, 0.3) is 5.91 Å². The second-order valence-electron chi connectivity index (χ2n) is 9.32. The van der Waals surface area contributed by atoms with E-state index < -0.39 is 0 Å². The van der Waals surface area contributed by atoms with Crippen LogP contribution in [0.3, 0.4) is 0 Å². The Balaban J connectivity index is 1.39. The van der Waals surface area contributed by atoms with E-state index in [-0.39, 0.29) is 12.5 Å². The molecule has 0 fully saturated rings. The van der Waals surface area contributed by atoms with Gasteiger partial charge in [-0.3, -0.25) is 9.36 Å². The molecule has 0 atom stereocenters. The molecule has 3 heterocycles. The number of rotatable bonds is 7. The van der Waals surface area contributed by atoms with Gasteiger partial charge in [0.15, 0.2) is 11.5 Å². The Bertz CT molecular complexity index is 1800. The summed E-state index contributed by atoms with van der Waals surface area (Å²) < 4.78 is 1.97. The quantitative estimate of drug-likeness (QED) is 0.265. The molecule has 3 aromatic carbocycles. The topological polar surface area (TPSA) is 119 Å². The molecule has 3 aromatic heterocycles. The number of imidazole rings is 1. The van der Waals surface area contributed by atoms with Crippen molar-refractivity contribution < 1.29 is 9.90 Å². The molecule has 0 unspecified atom stereocenters. The van der Waals surface area contributed by atoms with E-state index in [0.29, 0.717) is 40.5 Å². The van der Waals surface area contributed by atoms with Gasteiger partial charge in [0, 0.05) is 29.6 Å². The van der Waals surface area contributed by atoms with Crippen LogP contribution in [0.4, 0.5) is 5.82 Å². The molecule has 40 heavy (non-hydrogen) atoms. The first kappa shape index (κ1) is 25.0. The number of anilines is 1. The minimum atomic E-state index is -0.122. The number of nitrogens with one attached hydrogen (secondary N) is 1. The van der Waals surface area contributed by atoms with Crippen LogP contribution in [0.1, 0.15) is 21.5 Å². The first-order valence-corrected chi connectivity index (χ1v) is 12.8. The monoisotopic (exact) mass is 526 g/mol. The van der Waals surface area contributed by atoms with Crippen molar-refractivity contribution in [3.8, 4) is 28.3 Å². The first-order valence-electron chi connectivity index (χ1n) is 12.8. The third kappa shape index (κ3) is 4.91. The predicted octanol–water partition coefficient (Wildman–Crippen LogP) is 5.15. The van der Waals surface area contributed by atoms with Crippen molar-refractivity contribution in [1.82, 2.24) is 24.8 Å². The Kier molecular flexibility index (Phi) is 6.74. The molecule has 4 N–H and O–H groups in total. The standard InChI is InChI=1S/C32H26N6O2/c33-29-26(7-4-18-34-29)30-37-28-17-16-27(23-12-8-22(20-39)9-13-23)36-31(28)38(30)25-14-10-21(11-15-25)19-35-32(40)24-5-2-1-3-6-24/h1-18,39H,19-20H2,(H2,33,34)(H,35,40). The lowest BCUT2D eigenvalue weighted by molar-refractivity contribution is 0.0951. The molecule has 6 rings (SSSR count). The third-order valence-corrected chi connectivity index (χ3v) is 6.70. The Hall–Kier alpha value is -5.34. The molecule has 0 aliphatic rings. The van der Waals surface area contributed by atoms with E-state index in [0.717, 1.165) is 28.1 Å². The second-order valence-corrected chi connectivity index (χ2v) is 9.32. The predicted molar refractivity (Wildman–Crippen MR) is 155 cm³/mol.